The second-order valence-electron chi connectivity index (χ2n) is 5.43. The highest BCUT2D eigenvalue weighted by atomic mass is 16.6. The molecule has 1 heterocycles. The summed E-state index contributed by atoms with van der Waals surface area (Å²) in [7, 11) is 0. The van der Waals surface area contributed by atoms with Gasteiger partial charge in [-0.1, -0.05) is 13.0 Å². The van der Waals surface area contributed by atoms with E-state index in [1.165, 1.54) is 6.07 Å². The van der Waals surface area contributed by atoms with Gasteiger partial charge in [0.2, 0.25) is 0 Å². The molecule has 1 amide bonds. The van der Waals surface area contributed by atoms with Crippen LogP contribution in [0.25, 0.3) is 0 Å². The minimum atomic E-state index is -0.420. The van der Waals surface area contributed by atoms with Crippen molar-refractivity contribution in [3.63, 3.8) is 0 Å². The molecule has 1 saturated heterocycles. The number of benzene rings is 1. The molecule has 1 aromatic rings. The van der Waals surface area contributed by atoms with Crippen LogP contribution in [0.15, 0.2) is 18.2 Å². The third kappa shape index (κ3) is 3.39. The highest BCUT2D eigenvalue weighted by molar-refractivity contribution is 5.95. The maximum absolute atomic E-state index is 12.4. The number of piperidine rings is 1. The molecular formula is C15H21N3O3. The first-order chi connectivity index (χ1) is 10.1. The summed E-state index contributed by atoms with van der Waals surface area (Å²) in [4.78, 5) is 24.9. The lowest BCUT2D eigenvalue weighted by Crippen LogP contribution is -2.40. The van der Waals surface area contributed by atoms with Crippen molar-refractivity contribution < 1.29 is 9.72 Å². The van der Waals surface area contributed by atoms with Gasteiger partial charge >= 0.3 is 0 Å². The van der Waals surface area contributed by atoms with Gasteiger partial charge in [0.15, 0.2) is 0 Å². The zero-order valence-electron chi connectivity index (χ0n) is 12.2. The molecule has 0 atom stereocenters. The molecule has 6 nitrogen and oxygen atoms in total. The van der Waals surface area contributed by atoms with E-state index in [1.54, 1.807) is 17.0 Å². The van der Waals surface area contributed by atoms with Gasteiger partial charge in [0.25, 0.3) is 11.6 Å². The summed E-state index contributed by atoms with van der Waals surface area (Å²) in [6.07, 6.45) is 2.38. The first-order valence-corrected chi connectivity index (χ1v) is 7.33. The number of nitrogens with zero attached hydrogens (tertiary/aromatic N) is 2. The normalized spacial score (nSPS) is 16.0. The van der Waals surface area contributed by atoms with Gasteiger partial charge < -0.3 is 10.6 Å². The molecular weight excluding hydrogens is 270 g/mol. The second-order valence-corrected chi connectivity index (χ2v) is 5.43. The largest absolute Gasteiger partial charge is 0.339 e. The van der Waals surface area contributed by atoms with Crippen molar-refractivity contribution in [2.45, 2.75) is 26.2 Å². The van der Waals surface area contributed by atoms with Crippen LogP contribution in [0, 0.1) is 16.0 Å². The van der Waals surface area contributed by atoms with Crippen molar-refractivity contribution in [3.8, 4) is 0 Å². The summed E-state index contributed by atoms with van der Waals surface area (Å²) in [5.41, 5.74) is 6.72. The number of carbonyl (C=O) groups excluding carboxylic acids is 1. The summed E-state index contributed by atoms with van der Waals surface area (Å²) >= 11 is 0. The van der Waals surface area contributed by atoms with E-state index in [9.17, 15) is 14.9 Å². The van der Waals surface area contributed by atoms with E-state index in [0.29, 0.717) is 43.1 Å². The number of nitro groups is 1. The van der Waals surface area contributed by atoms with Gasteiger partial charge in [0, 0.05) is 30.3 Å². The van der Waals surface area contributed by atoms with Crippen molar-refractivity contribution in [2.75, 3.05) is 19.6 Å². The summed E-state index contributed by atoms with van der Waals surface area (Å²) < 4.78 is 0. The number of carbonyl (C=O) groups is 1. The van der Waals surface area contributed by atoms with Crippen molar-refractivity contribution in [2.24, 2.45) is 11.7 Å². The lowest BCUT2D eigenvalue weighted by Gasteiger charge is -2.31. The van der Waals surface area contributed by atoms with Crippen LogP contribution >= 0.6 is 0 Å². The Bertz CT molecular complexity index is 537. The van der Waals surface area contributed by atoms with E-state index >= 15 is 0 Å². The fraction of sp³-hybridized carbons (Fsp3) is 0.533. The quantitative estimate of drug-likeness (QED) is 0.678. The van der Waals surface area contributed by atoms with Gasteiger partial charge in [-0.05, 0) is 37.8 Å². The molecule has 1 aliphatic heterocycles. The van der Waals surface area contributed by atoms with E-state index < -0.39 is 4.92 Å². The van der Waals surface area contributed by atoms with Gasteiger partial charge in [-0.25, -0.2) is 0 Å². The molecule has 0 radical (unpaired) electrons. The average molecular weight is 291 g/mol. The molecule has 0 spiro atoms. The third-order valence-electron chi connectivity index (χ3n) is 4.14. The van der Waals surface area contributed by atoms with Gasteiger partial charge in [-0.15, -0.1) is 0 Å². The number of aryl methyl sites for hydroxylation is 1. The molecule has 0 saturated carbocycles. The second kappa shape index (κ2) is 6.67. The Balaban J connectivity index is 2.16. The smallest absolute Gasteiger partial charge is 0.273 e. The number of amides is 1. The standard InChI is InChI=1S/C15H21N3O3/c1-2-12-3-4-13(9-14(12)18(20)21)15(19)17-7-5-11(10-16)6-8-17/h3-4,9,11H,2,5-8,10,16H2,1H3. The predicted molar refractivity (Wildman–Crippen MR) is 80.2 cm³/mol. The molecule has 2 rings (SSSR count). The topological polar surface area (TPSA) is 89.5 Å². The minimum absolute atomic E-state index is 0.0280. The predicted octanol–water partition coefficient (Wildman–Crippen LogP) is 1.97. The minimum Gasteiger partial charge on any atom is -0.339 e. The highest BCUT2D eigenvalue weighted by Gasteiger charge is 2.24. The monoisotopic (exact) mass is 291 g/mol. The van der Waals surface area contributed by atoms with E-state index in [4.69, 9.17) is 5.73 Å². The highest BCUT2D eigenvalue weighted by Crippen LogP contribution is 2.23. The molecule has 114 valence electrons. The Morgan fingerprint density at radius 1 is 1.43 bits per heavy atom. The van der Waals surface area contributed by atoms with E-state index in [-0.39, 0.29) is 11.6 Å². The Morgan fingerprint density at radius 2 is 2.10 bits per heavy atom. The summed E-state index contributed by atoms with van der Waals surface area (Å²) in [5.74, 6) is 0.349. The van der Waals surface area contributed by atoms with Crippen molar-refractivity contribution in [1.29, 1.82) is 0 Å². The van der Waals surface area contributed by atoms with Crippen LogP contribution in [-0.2, 0) is 6.42 Å². The number of hydrogen-bond donors (Lipinski definition) is 1. The average Bonchev–Trinajstić information content (AvgIpc) is 2.53. The first-order valence-electron chi connectivity index (χ1n) is 7.33. The van der Waals surface area contributed by atoms with Gasteiger partial charge in [-0.2, -0.15) is 0 Å². The fourth-order valence-corrected chi connectivity index (χ4v) is 2.72. The number of nitro benzene ring substituents is 1. The number of rotatable bonds is 4. The molecule has 0 bridgehead atoms. The van der Waals surface area contributed by atoms with Crippen LogP contribution in [0.4, 0.5) is 5.69 Å². The molecule has 0 unspecified atom stereocenters. The van der Waals surface area contributed by atoms with E-state index in [1.807, 2.05) is 6.92 Å². The molecule has 1 aliphatic rings. The molecule has 0 aromatic heterocycles. The third-order valence-corrected chi connectivity index (χ3v) is 4.14. The maximum Gasteiger partial charge on any atom is 0.273 e. The Kier molecular flexibility index (Phi) is 4.90. The van der Waals surface area contributed by atoms with Crippen LogP contribution in [0.5, 0.6) is 0 Å². The fourth-order valence-electron chi connectivity index (χ4n) is 2.72. The van der Waals surface area contributed by atoms with Crippen LogP contribution in [0.3, 0.4) is 0 Å². The molecule has 1 aromatic carbocycles. The van der Waals surface area contributed by atoms with Crippen LogP contribution in [0.1, 0.15) is 35.7 Å². The summed E-state index contributed by atoms with van der Waals surface area (Å²) in [6, 6.07) is 4.76. The molecule has 2 N–H and O–H groups in total. The van der Waals surface area contributed by atoms with Crippen LogP contribution in [-0.4, -0.2) is 35.4 Å². The zero-order valence-corrected chi connectivity index (χ0v) is 12.2. The van der Waals surface area contributed by atoms with Gasteiger partial charge in [-0.3, -0.25) is 14.9 Å². The maximum atomic E-state index is 12.4. The first kappa shape index (κ1) is 15.4. The van der Waals surface area contributed by atoms with E-state index in [2.05, 4.69) is 0 Å². The summed E-state index contributed by atoms with van der Waals surface area (Å²) in [5, 5.41) is 11.1. The van der Waals surface area contributed by atoms with Gasteiger partial charge in [0.1, 0.15) is 0 Å². The molecule has 1 fully saturated rings. The zero-order chi connectivity index (χ0) is 15.4. The van der Waals surface area contributed by atoms with Crippen molar-refractivity contribution >= 4 is 11.6 Å². The Hall–Kier alpha value is -1.95. The Morgan fingerprint density at radius 3 is 2.62 bits per heavy atom. The molecule has 6 heteroatoms. The number of hydrogen-bond acceptors (Lipinski definition) is 4. The van der Waals surface area contributed by atoms with E-state index in [0.717, 1.165) is 12.8 Å². The number of likely N-dealkylation sites (tertiary alicyclic amines) is 1. The SMILES string of the molecule is CCc1ccc(C(=O)N2CCC(CN)CC2)cc1[N+](=O)[O-]. The molecule has 21 heavy (non-hydrogen) atoms. The van der Waals surface area contributed by atoms with Crippen LogP contribution in [0.2, 0.25) is 0 Å². The van der Waals surface area contributed by atoms with Crippen molar-refractivity contribution in [3.05, 3.63) is 39.4 Å². The van der Waals surface area contributed by atoms with Crippen LogP contribution < -0.4 is 5.73 Å². The lowest BCUT2D eigenvalue weighted by atomic mass is 9.96. The number of nitrogens with two attached hydrogens (primary N) is 1. The van der Waals surface area contributed by atoms with Gasteiger partial charge in [0.05, 0.1) is 4.92 Å². The Labute approximate surface area is 124 Å². The summed E-state index contributed by atoms with van der Waals surface area (Å²) in [6.45, 7) is 3.86. The van der Waals surface area contributed by atoms with Crippen molar-refractivity contribution in [1.82, 2.24) is 4.90 Å². The molecule has 0 aliphatic carbocycles. The lowest BCUT2D eigenvalue weighted by molar-refractivity contribution is -0.385.